The number of ether oxygens (including phenoxy) is 1. The fourth-order valence-electron chi connectivity index (χ4n) is 3.21. The molecule has 0 spiro atoms. The van der Waals surface area contributed by atoms with Gasteiger partial charge in [0, 0.05) is 19.5 Å². The van der Waals surface area contributed by atoms with Crippen molar-refractivity contribution >= 4 is 47.2 Å². The van der Waals surface area contributed by atoms with Crippen molar-refractivity contribution in [2.24, 2.45) is 4.99 Å². The number of carbonyl (C=O) groups is 1. The molecule has 3 rings (SSSR count). The molecule has 0 aliphatic heterocycles. The van der Waals surface area contributed by atoms with Crippen LogP contribution in [0.25, 0.3) is 0 Å². The minimum Gasteiger partial charge on any atom is -0.462 e. The fourth-order valence-corrected chi connectivity index (χ4v) is 4.18. The lowest BCUT2D eigenvalue weighted by Crippen LogP contribution is -2.42. The summed E-state index contributed by atoms with van der Waals surface area (Å²) < 4.78 is 5.09. The number of rotatable bonds is 6. The number of nitrogens with zero attached hydrogens (tertiary/aromatic N) is 2. The summed E-state index contributed by atoms with van der Waals surface area (Å²) in [6.45, 7) is 6.85. The summed E-state index contributed by atoms with van der Waals surface area (Å²) in [7, 11) is 1.76. The van der Waals surface area contributed by atoms with Gasteiger partial charge >= 0.3 is 5.97 Å². The first-order chi connectivity index (χ1) is 13.0. The Morgan fingerprint density at radius 1 is 1.43 bits per heavy atom. The van der Waals surface area contributed by atoms with Crippen molar-refractivity contribution in [3.63, 3.8) is 0 Å². The zero-order chi connectivity index (χ0) is 19.4. The molecule has 2 aromatic rings. The van der Waals surface area contributed by atoms with E-state index in [1.165, 1.54) is 22.5 Å². The summed E-state index contributed by atoms with van der Waals surface area (Å²) in [5.74, 6) is 0.946. The first-order valence-corrected chi connectivity index (χ1v) is 10.0. The molecule has 152 valence electrons. The van der Waals surface area contributed by atoms with E-state index in [0.29, 0.717) is 23.1 Å². The predicted octanol–water partition coefficient (Wildman–Crippen LogP) is 3.81. The molecule has 1 aliphatic rings. The second-order valence-corrected chi connectivity index (χ2v) is 7.64. The quantitative estimate of drug-likeness (QED) is 0.266. The van der Waals surface area contributed by atoms with Crippen molar-refractivity contribution in [2.45, 2.75) is 39.2 Å². The fraction of sp³-hybridized carbons (Fsp3) is 0.450. The molecule has 0 fully saturated rings. The van der Waals surface area contributed by atoms with Gasteiger partial charge in [0.1, 0.15) is 9.88 Å². The Morgan fingerprint density at radius 3 is 2.86 bits per heavy atom. The average molecular weight is 514 g/mol. The van der Waals surface area contributed by atoms with Crippen LogP contribution in [0.2, 0.25) is 0 Å². The number of nitrogens with one attached hydrogen (secondary N) is 2. The third-order valence-corrected chi connectivity index (χ3v) is 6.02. The molecule has 8 heteroatoms. The van der Waals surface area contributed by atoms with Crippen molar-refractivity contribution in [2.75, 3.05) is 20.2 Å². The molecular weight excluding hydrogens is 487 g/mol. The Kier molecular flexibility index (Phi) is 8.23. The summed E-state index contributed by atoms with van der Waals surface area (Å²) in [5, 5.41) is 7.60. The molecule has 0 radical (unpaired) electrons. The lowest BCUT2D eigenvalue weighted by Gasteiger charge is -2.31. The normalized spacial score (nSPS) is 16.3. The maximum absolute atomic E-state index is 12.0. The van der Waals surface area contributed by atoms with Gasteiger partial charge in [-0.25, -0.2) is 9.78 Å². The Labute approximate surface area is 187 Å². The molecular formula is C20H27IN4O2S. The maximum atomic E-state index is 12.0. The zero-order valence-electron chi connectivity index (χ0n) is 16.6. The van der Waals surface area contributed by atoms with E-state index >= 15 is 0 Å². The number of aliphatic imine (C=N–C) groups is 1. The van der Waals surface area contributed by atoms with Crippen LogP contribution in [-0.4, -0.2) is 37.1 Å². The third kappa shape index (κ3) is 5.02. The van der Waals surface area contributed by atoms with Crippen LogP contribution in [0.1, 0.15) is 57.3 Å². The number of thiazole rings is 1. The SMILES string of the molecule is CCOC(=O)c1sc(C(C)NC(=NC)NCC2Cc3ccccc32)nc1C.I. The first-order valence-electron chi connectivity index (χ1n) is 9.22. The van der Waals surface area contributed by atoms with Gasteiger partial charge in [0.15, 0.2) is 5.96 Å². The molecule has 2 unspecified atom stereocenters. The van der Waals surface area contributed by atoms with Gasteiger partial charge in [-0.3, -0.25) is 4.99 Å². The molecule has 0 bridgehead atoms. The van der Waals surface area contributed by atoms with Crippen LogP contribution in [0.4, 0.5) is 0 Å². The summed E-state index contributed by atoms with van der Waals surface area (Å²) in [6, 6.07) is 8.50. The number of halogens is 1. The van der Waals surface area contributed by atoms with E-state index in [1.54, 1.807) is 14.0 Å². The van der Waals surface area contributed by atoms with Crippen molar-refractivity contribution < 1.29 is 9.53 Å². The van der Waals surface area contributed by atoms with E-state index < -0.39 is 0 Å². The summed E-state index contributed by atoms with van der Waals surface area (Å²) in [5.41, 5.74) is 3.56. The van der Waals surface area contributed by atoms with Gasteiger partial charge < -0.3 is 15.4 Å². The van der Waals surface area contributed by atoms with E-state index in [0.717, 1.165) is 23.9 Å². The van der Waals surface area contributed by atoms with Crippen LogP contribution < -0.4 is 10.6 Å². The maximum Gasteiger partial charge on any atom is 0.350 e. The van der Waals surface area contributed by atoms with E-state index in [1.807, 2.05) is 13.8 Å². The van der Waals surface area contributed by atoms with E-state index in [2.05, 4.69) is 44.9 Å². The Bertz CT molecular complexity index is 852. The predicted molar refractivity (Wildman–Crippen MR) is 124 cm³/mol. The highest BCUT2D eigenvalue weighted by atomic mass is 127. The van der Waals surface area contributed by atoms with Gasteiger partial charge in [0.05, 0.1) is 18.3 Å². The molecule has 1 aliphatic carbocycles. The molecule has 2 N–H and O–H groups in total. The topological polar surface area (TPSA) is 75.6 Å². The lowest BCUT2D eigenvalue weighted by molar-refractivity contribution is 0.0531. The summed E-state index contributed by atoms with van der Waals surface area (Å²) in [4.78, 5) is 21.4. The van der Waals surface area contributed by atoms with Crippen LogP contribution in [-0.2, 0) is 11.2 Å². The molecule has 0 amide bonds. The number of hydrogen-bond donors (Lipinski definition) is 2. The first kappa shape index (κ1) is 22.6. The molecule has 28 heavy (non-hydrogen) atoms. The molecule has 1 heterocycles. The van der Waals surface area contributed by atoms with Gasteiger partial charge in [0.2, 0.25) is 0 Å². The van der Waals surface area contributed by atoms with Crippen LogP contribution >= 0.6 is 35.3 Å². The van der Waals surface area contributed by atoms with E-state index in [-0.39, 0.29) is 36.0 Å². The van der Waals surface area contributed by atoms with Crippen LogP contribution in [0.3, 0.4) is 0 Å². The third-order valence-electron chi connectivity index (χ3n) is 4.70. The summed E-state index contributed by atoms with van der Waals surface area (Å²) >= 11 is 1.37. The van der Waals surface area contributed by atoms with E-state index in [9.17, 15) is 4.79 Å². The van der Waals surface area contributed by atoms with Gasteiger partial charge in [-0.15, -0.1) is 35.3 Å². The van der Waals surface area contributed by atoms with Gasteiger partial charge in [-0.05, 0) is 38.3 Å². The smallest absolute Gasteiger partial charge is 0.350 e. The number of fused-ring (bicyclic) bond motifs is 1. The Hall–Kier alpha value is -1.68. The number of aromatic nitrogens is 1. The van der Waals surface area contributed by atoms with Gasteiger partial charge in [-0.2, -0.15) is 0 Å². The molecule has 2 atom stereocenters. The lowest BCUT2D eigenvalue weighted by atomic mass is 9.78. The van der Waals surface area contributed by atoms with Crippen LogP contribution in [0.5, 0.6) is 0 Å². The molecule has 0 saturated carbocycles. The number of aryl methyl sites for hydroxylation is 1. The summed E-state index contributed by atoms with van der Waals surface area (Å²) in [6.07, 6.45) is 1.10. The Balaban J connectivity index is 0.00000280. The second kappa shape index (κ2) is 10.2. The Morgan fingerprint density at radius 2 is 2.18 bits per heavy atom. The average Bonchev–Trinajstić information content (AvgIpc) is 3.03. The monoisotopic (exact) mass is 514 g/mol. The number of esters is 1. The highest BCUT2D eigenvalue weighted by Crippen LogP contribution is 2.34. The standard InChI is InChI=1S/C20H26N4O2S.HI/c1-5-26-19(25)17-12(2)23-18(27-17)13(3)24-20(21-4)22-11-15-10-14-8-6-7-9-16(14)15;/h6-9,13,15H,5,10-11H2,1-4H3,(H2,21,22,24);1H. The minimum absolute atomic E-state index is 0. The van der Waals surface area contributed by atoms with Gasteiger partial charge in [-0.1, -0.05) is 24.3 Å². The van der Waals surface area contributed by atoms with Crippen LogP contribution in [0, 0.1) is 6.92 Å². The van der Waals surface area contributed by atoms with Crippen molar-refractivity contribution in [1.82, 2.24) is 15.6 Å². The number of guanidine groups is 1. The van der Waals surface area contributed by atoms with Crippen molar-refractivity contribution in [3.8, 4) is 0 Å². The van der Waals surface area contributed by atoms with Crippen molar-refractivity contribution in [1.29, 1.82) is 0 Å². The largest absolute Gasteiger partial charge is 0.462 e. The highest BCUT2D eigenvalue weighted by molar-refractivity contribution is 14.0. The van der Waals surface area contributed by atoms with Crippen LogP contribution in [0.15, 0.2) is 29.3 Å². The molecule has 6 nitrogen and oxygen atoms in total. The molecule has 1 aromatic carbocycles. The number of carbonyl (C=O) groups excluding carboxylic acids is 1. The number of benzene rings is 1. The molecule has 0 saturated heterocycles. The van der Waals surface area contributed by atoms with Crippen molar-refractivity contribution in [3.05, 3.63) is 51.0 Å². The number of hydrogen-bond acceptors (Lipinski definition) is 5. The minimum atomic E-state index is -0.308. The second-order valence-electron chi connectivity index (χ2n) is 6.61. The molecule has 1 aromatic heterocycles. The van der Waals surface area contributed by atoms with Gasteiger partial charge in [0.25, 0.3) is 0 Å². The van der Waals surface area contributed by atoms with E-state index in [4.69, 9.17) is 4.74 Å². The zero-order valence-corrected chi connectivity index (χ0v) is 19.8. The highest BCUT2D eigenvalue weighted by Gasteiger charge is 2.25.